The monoisotopic (exact) mass is 255 g/mol. The average molecular weight is 255 g/mol. The number of likely N-dealkylation sites (N-methyl/N-ethyl adjacent to an activating group) is 1. The fraction of sp³-hybridized carbons (Fsp3) is 0.923. The Morgan fingerprint density at radius 2 is 2.17 bits per heavy atom. The van der Waals surface area contributed by atoms with Crippen LogP contribution in [0.15, 0.2) is 0 Å². The topological polar surface area (TPSA) is 36.0 Å². The molecule has 0 bridgehead atoms. The fourth-order valence-electron chi connectivity index (χ4n) is 2.70. The van der Waals surface area contributed by atoms with Crippen LogP contribution < -0.4 is 0 Å². The van der Waals surface area contributed by atoms with Gasteiger partial charge in [-0.3, -0.25) is 9.69 Å². The number of ether oxygens (including phenoxy) is 1. The van der Waals surface area contributed by atoms with Crippen molar-refractivity contribution >= 4 is 5.91 Å². The lowest BCUT2D eigenvalue weighted by Gasteiger charge is -2.34. The van der Waals surface area contributed by atoms with Gasteiger partial charge in [0.05, 0.1) is 12.7 Å². The Balaban J connectivity index is 1.70. The number of amides is 1. The van der Waals surface area contributed by atoms with Gasteiger partial charge in [-0.1, -0.05) is 0 Å². The Morgan fingerprint density at radius 3 is 2.83 bits per heavy atom. The van der Waals surface area contributed by atoms with Gasteiger partial charge >= 0.3 is 0 Å². The Labute approximate surface area is 110 Å². The molecule has 2 aliphatic rings. The molecule has 0 aromatic heterocycles. The predicted octanol–water partition coefficient (Wildman–Crippen LogP) is -0.129. The highest BCUT2D eigenvalue weighted by atomic mass is 16.5. The molecular weight excluding hydrogens is 230 g/mol. The lowest BCUT2D eigenvalue weighted by Crippen LogP contribution is -2.48. The van der Waals surface area contributed by atoms with Gasteiger partial charge in [-0.2, -0.15) is 0 Å². The molecule has 104 valence electrons. The van der Waals surface area contributed by atoms with Crippen molar-refractivity contribution in [1.82, 2.24) is 14.7 Å². The Morgan fingerprint density at radius 1 is 1.33 bits per heavy atom. The van der Waals surface area contributed by atoms with Gasteiger partial charge in [0, 0.05) is 45.7 Å². The summed E-state index contributed by atoms with van der Waals surface area (Å²) in [6.07, 6.45) is 2.08. The van der Waals surface area contributed by atoms with Crippen molar-refractivity contribution in [3.8, 4) is 0 Å². The standard InChI is InChI=1S/C13H25N3O2/c1-14(2)10-12-11-15(8-9-18-12)6-7-16-5-3-4-13(16)17/h12H,3-11H2,1-2H3. The van der Waals surface area contributed by atoms with Crippen LogP contribution in [0.1, 0.15) is 12.8 Å². The third-order valence-corrected chi connectivity index (χ3v) is 3.65. The van der Waals surface area contributed by atoms with Crippen molar-refractivity contribution in [2.75, 3.05) is 60.0 Å². The van der Waals surface area contributed by atoms with E-state index in [1.54, 1.807) is 0 Å². The molecule has 1 amide bonds. The van der Waals surface area contributed by atoms with Gasteiger partial charge in [-0.25, -0.2) is 0 Å². The average Bonchev–Trinajstić information content (AvgIpc) is 2.72. The van der Waals surface area contributed by atoms with Crippen molar-refractivity contribution in [1.29, 1.82) is 0 Å². The summed E-state index contributed by atoms with van der Waals surface area (Å²) in [7, 11) is 4.15. The molecule has 2 aliphatic heterocycles. The van der Waals surface area contributed by atoms with Gasteiger partial charge in [0.2, 0.25) is 5.91 Å². The molecule has 0 saturated carbocycles. The second kappa shape index (κ2) is 6.50. The normalized spacial score (nSPS) is 26.3. The van der Waals surface area contributed by atoms with Crippen LogP contribution in [0.3, 0.4) is 0 Å². The third-order valence-electron chi connectivity index (χ3n) is 3.65. The van der Waals surface area contributed by atoms with E-state index in [0.29, 0.717) is 12.0 Å². The molecule has 0 spiro atoms. The summed E-state index contributed by atoms with van der Waals surface area (Å²) in [6, 6.07) is 0. The summed E-state index contributed by atoms with van der Waals surface area (Å²) >= 11 is 0. The summed E-state index contributed by atoms with van der Waals surface area (Å²) < 4.78 is 5.75. The van der Waals surface area contributed by atoms with Gasteiger partial charge < -0.3 is 14.5 Å². The Bertz CT molecular complexity index is 283. The number of nitrogens with zero attached hydrogens (tertiary/aromatic N) is 3. The molecular formula is C13H25N3O2. The predicted molar refractivity (Wildman–Crippen MR) is 70.5 cm³/mol. The van der Waals surface area contributed by atoms with Crippen LogP contribution in [-0.4, -0.2) is 86.7 Å². The van der Waals surface area contributed by atoms with Crippen molar-refractivity contribution in [2.45, 2.75) is 18.9 Å². The molecule has 18 heavy (non-hydrogen) atoms. The lowest BCUT2D eigenvalue weighted by molar-refractivity contribution is -0.128. The lowest BCUT2D eigenvalue weighted by atomic mass is 10.2. The van der Waals surface area contributed by atoms with E-state index in [9.17, 15) is 4.79 Å². The second-order valence-corrected chi connectivity index (χ2v) is 5.54. The molecule has 0 aromatic carbocycles. The van der Waals surface area contributed by atoms with E-state index in [2.05, 4.69) is 23.9 Å². The van der Waals surface area contributed by atoms with Gasteiger partial charge in [-0.15, -0.1) is 0 Å². The van der Waals surface area contributed by atoms with Crippen molar-refractivity contribution in [2.24, 2.45) is 0 Å². The van der Waals surface area contributed by atoms with Gasteiger partial charge in [0.25, 0.3) is 0 Å². The highest BCUT2D eigenvalue weighted by Gasteiger charge is 2.24. The quantitative estimate of drug-likeness (QED) is 0.686. The Hall–Kier alpha value is -0.650. The van der Waals surface area contributed by atoms with E-state index in [0.717, 1.165) is 58.7 Å². The number of likely N-dealkylation sites (tertiary alicyclic amines) is 1. The first-order valence-electron chi connectivity index (χ1n) is 6.91. The van der Waals surface area contributed by atoms with E-state index in [-0.39, 0.29) is 0 Å². The van der Waals surface area contributed by atoms with Gasteiger partial charge in [0.15, 0.2) is 0 Å². The maximum absolute atomic E-state index is 11.5. The maximum Gasteiger partial charge on any atom is 0.222 e. The molecule has 2 rings (SSSR count). The highest BCUT2D eigenvalue weighted by Crippen LogP contribution is 2.10. The molecule has 0 aromatic rings. The molecule has 0 radical (unpaired) electrons. The van der Waals surface area contributed by atoms with Crippen LogP contribution in [0.5, 0.6) is 0 Å². The summed E-state index contributed by atoms with van der Waals surface area (Å²) in [5.41, 5.74) is 0. The third kappa shape index (κ3) is 3.93. The SMILES string of the molecule is CN(C)CC1CN(CCN2CCCC2=O)CCO1. The Kier molecular flexibility index (Phi) is 4.97. The van der Waals surface area contributed by atoms with Gasteiger partial charge in [-0.05, 0) is 20.5 Å². The number of carbonyl (C=O) groups excluding carboxylic acids is 1. The molecule has 5 heteroatoms. The van der Waals surface area contributed by atoms with E-state index >= 15 is 0 Å². The maximum atomic E-state index is 11.5. The van der Waals surface area contributed by atoms with Crippen LogP contribution >= 0.6 is 0 Å². The number of hydrogen-bond acceptors (Lipinski definition) is 4. The first-order chi connectivity index (χ1) is 8.65. The smallest absolute Gasteiger partial charge is 0.222 e. The van der Waals surface area contributed by atoms with Crippen molar-refractivity contribution in [3.05, 3.63) is 0 Å². The molecule has 2 heterocycles. The first kappa shape index (κ1) is 13.8. The zero-order chi connectivity index (χ0) is 13.0. The summed E-state index contributed by atoms with van der Waals surface area (Å²) in [4.78, 5) is 18.1. The summed E-state index contributed by atoms with van der Waals surface area (Å²) in [5.74, 6) is 0.327. The number of hydrogen-bond donors (Lipinski definition) is 0. The first-order valence-corrected chi connectivity index (χ1v) is 6.91. The van der Waals surface area contributed by atoms with Crippen LogP contribution in [0.25, 0.3) is 0 Å². The zero-order valence-corrected chi connectivity index (χ0v) is 11.6. The van der Waals surface area contributed by atoms with Crippen LogP contribution in [0.4, 0.5) is 0 Å². The number of morpholine rings is 1. The minimum absolute atomic E-state index is 0.308. The molecule has 0 aliphatic carbocycles. The second-order valence-electron chi connectivity index (χ2n) is 5.54. The molecule has 2 fully saturated rings. The van der Waals surface area contributed by atoms with Crippen molar-refractivity contribution < 1.29 is 9.53 Å². The van der Waals surface area contributed by atoms with E-state index in [4.69, 9.17) is 4.74 Å². The zero-order valence-electron chi connectivity index (χ0n) is 11.6. The molecule has 1 atom stereocenters. The largest absolute Gasteiger partial charge is 0.374 e. The van der Waals surface area contributed by atoms with E-state index in [1.807, 2.05) is 4.90 Å². The van der Waals surface area contributed by atoms with E-state index in [1.165, 1.54) is 0 Å². The minimum Gasteiger partial charge on any atom is -0.374 e. The van der Waals surface area contributed by atoms with Crippen LogP contribution in [-0.2, 0) is 9.53 Å². The molecule has 1 unspecified atom stereocenters. The van der Waals surface area contributed by atoms with Gasteiger partial charge in [0.1, 0.15) is 0 Å². The summed E-state index contributed by atoms with van der Waals surface area (Å²) in [6.45, 7) is 6.58. The number of carbonyl (C=O) groups is 1. The van der Waals surface area contributed by atoms with E-state index < -0.39 is 0 Å². The van der Waals surface area contributed by atoms with Crippen molar-refractivity contribution in [3.63, 3.8) is 0 Å². The highest BCUT2D eigenvalue weighted by molar-refractivity contribution is 5.78. The molecule has 2 saturated heterocycles. The summed E-state index contributed by atoms with van der Waals surface area (Å²) in [5, 5.41) is 0. The van der Waals surface area contributed by atoms with Crippen LogP contribution in [0.2, 0.25) is 0 Å². The number of rotatable bonds is 5. The van der Waals surface area contributed by atoms with Crippen LogP contribution in [0, 0.1) is 0 Å². The fourth-order valence-corrected chi connectivity index (χ4v) is 2.70. The molecule has 0 N–H and O–H groups in total. The minimum atomic E-state index is 0.308. The molecule has 5 nitrogen and oxygen atoms in total.